The van der Waals surface area contributed by atoms with E-state index in [1.807, 2.05) is 22.8 Å². The standard InChI is InChI=1S/C22H16ClN5O/c1-27-19-8-18(20-14(22(27)29)3-2-4-15(20)23)28-17-7-12(13-9-24-11-25-10-13)5-6-16(17)26-21(19)28/h2-7,9-11,18-19H,8H2,1H3/t18-,19-/m1/s1/i1D3,11D. The number of aromatic nitrogens is 4. The molecule has 2 atom stereocenters. The molecule has 2 bridgehead atoms. The number of nitrogens with zero attached hydrogens (tertiary/aromatic N) is 5. The maximum Gasteiger partial charge on any atom is 0.254 e. The van der Waals surface area contributed by atoms with Crippen LogP contribution in [-0.2, 0) is 0 Å². The molecule has 6 nitrogen and oxygen atoms in total. The van der Waals surface area contributed by atoms with Gasteiger partial charge in [0.2, 0.25) is 0 Å². The Labute approximate surface area is 177 Å². The topological polar surface area (TPSA) is 63.9 Å². The SMILES string of the molecule is [2H]c1ncc(-c2ccc3nc4n(c3c2)[C@@H]2C[C@H]4N(C([2H])([2H])[2H])C(=O)c3cccc(Cl)c32)cn1. The average Bonchev–Trinajstić information content (AvgIpc) is 3.26. The van der Waals surface area contributed by atoms with Gasteiger partial charge in [-0.15, -0.1) is 0 Å². The van der Waals surface area contributed by atoms with Crippen LogP contribution in [0, 0.1) is 0 Å². The van der Waals surface area contributed by atoms with E-state index in [1.165, 1.54) is 0 Å². The Hall–Kier alpha value is -3.25. The molecule has 2 aromatic heterocycles. The minimum atomic E-state index is -2.63. The Balaban J connectivity index is 1.62. The van der Waals surface area contributed by atoms with Gasteiger partial charge < -0.3 is 9.47 Å². The van der Waals surface area contributed by atoms with Crippen LogP contribution >= 0.6 is 11.6 Å². The summed E-state index contributed by atoms with van der Waals surface area (Å²) >= 11 is 6.58. The van der Waals surface area contributed by atoms with Crippen molar-refractivity contribution in [3.05, 3.63) is 77.1 Å². The highest BCUT2D eigenvalue weighted by molar-refractivity contribution is 6.32. The molecule has 0 spiro atoms. The van der Waals surface area contributed by atoms with Crippen molar-refractivity contribution in [2.45, 2.75) is 18.5 Å². The molecule has 0 fully saturated rings. The maximum absolute atomic E-state index is 13.4. The normalized spacial score (nSPS) is 22.4. The van der Waals surface area contributed by atoms with E-state index in [9.17, 15) is 4.79 Å². The fourth-order valence-electron chi connectivity index (χ4n) is 4.49. The quantitative estimate of drug-likeness (QED) is 0.474. The van der Waals surface area contributed by atoms with E-state index in [0.717, 1.165) is 21.5 Å². The third-order valence-corrected chi connectivity index (χ3v) is 6.11. The number of benzene rings is 2. The van der Waals surface area contributed by atoms with Crippen molar-refractivity contribution < 1.29 is 10.3 Å². The number of rotatable bonds is 1. The Bertz CT molecular complexity index is 1450. The number of carbonyl (C=O) groups is 1. The van der Waals surface area contributed by atoms with Crippen LogP contribution in [0.15, 0.2) is 55.1 Å². The van der Waals surface area contributed by atoms with Crippen molar-refractivity contribution in [2.24, 2.45) is 0 Å². The van der Waals surface area contributed by atoms with Gasteiger partial charge in [-0.1, -0.05) is 23.7 Å². The Kier molecular flexibility index (Phi) is 2.65. The number of hydrogen-bond acceptors (Lipinski definition) is 4. The largest absolute Gasteiger partial charge is 0.331 e. The second kappa shape index (κ2) is 5.87. The zero-order valence-electron chi connectivity index (χ0n) is 19.0. The maximum atomic E-state index is 13.4. The molecular weight excluding hydrogens is 386 g/mol. The van der Waals surface area contributed by atoms with Crippen LogP contribution in [0.4, 0.5) is 0 Å². The molecule has 0 saturated heterocycles. The summed E-state index contributed by atoms with van der Waals surface area (Å²) in [6.45, 7) is -2.63. The highest BCUT2D eigenvalue weighted by Gasteiger charge is 2.44. The van der Waals surface area contributed by atoms with Crippen LogP contribution in [0.1, 0.15) is 45.7 Å². The molecule has 4 heterocycles. The molecule has 142 valence electrons. The minimum Gasteiger partial charge on any atom is -0.331 e. The molecule has 0 aliphatic carbocycles. The number of hydrogen-bond donors (Lipinski definition) is 0. The molecular formula is C22H16ClN5O. The molecule has 2 aromatic carbocycles. The van der Waals surface area contributed by atoms with Gasteiger partial charge in [0.25, 0.3) is 5.91 Å². The Morgan fingerprint density at radius 3 is 2.86 bits per heavy atom. The summed E-state index contributed by atoms with van der Waals surface area (Å²) in [5.74, 6) is -0.0356. The summed E-state index contributed by atoms with van der Waals surface area (Å²) in [6.07, 6.45) is 3.49. The Morgan fingerprint density at radius 2 is 2.03 bits per heavy atom. The van der Waals surface area contributed by atoms with Crippen LogP contribution in [0.3, 0.4) is 0 Å². The van der Waals surface area contributed by atoms with Gasteiger partial charge in [-0.3, -0.25) is 4.79 Å². The van der Waals surface area contributed by atoms with Crippen molar-refractivity contribution in [3.63, 3.8) is 0 Å². The molecule has 2 aliphatic heterocycles. The lowest BCUT2D eigenvalue weighted by Crippen LogP contribution is -2.30. The van der Waals surface area contributed by atoms with Crippen molar-refractivity contribution in [1.29, 1.82) is 0 Å². The number of amides is 1. The van der Waals surface area contributed by atoms with Crippen molar-refractivity contribution in [3.8, 4) is 11.1 Å². The number of fused-ring (bicyclic) bond motifs is 9. The van der Waals surface area contributed by atoms with E-state index < -0.39 is 18.9 Å². The molecule has 2 aliphatic rings. The first-order valence-electron chi connectivity index (χ1n) is 11.2. The number of halogens is 1. The van der Waals surface area contributed by atoms with Gasteiger partial charge >= 0.3 is 0 Å². The monoisotopic (exact) mass is 405 g/mol. The van der Waals surface area contributed by atoms with Gasteiger partial charge in [0.15, 0.2) is 0 Å². The van der Waals surface area contributed by atoms with Crippen molar-refractivity contribution >= 4 is 28.5 Å². The van der Waals surface area contributed by atoms with E-state index in [2.05, 4.69) is 9.97 Å². The van der Waals surface area contributed by atoms with E-state index in [1.54, 1.807) is 30.6 Å². The summed E-state index contributed by atoms with van der Waals surface area (Å²) in [5.41, 5.74) is 4.00. The first kappa shape index (κ1) is 13.1. The van der Waals surface area contributed by atoms with Crippen LogP contribution < -0.4 is 0 Å². The molecule has 0 saturated carbocycles. The molecule has 0 N–H and O–H groups in total. The van der Waals surface area contributed by atoms with Crippen molar-refractivity contribution in [2.75, 3.05) is 6.98 Å². The minimum absolute atomic E-state index is 0.0595. The molecule has 0 unspecified atom stereocenters. The van der Waals surface area contributed by atoms with Crippen LogP contribution in [0.25, 0.3) is 22.2 Å². The van der Waals surface area contributed by atoms with Gasteiger partial charge in [0.05, 0.1) is 23.1 Å². The summed E-state index contributed by atoms with van der Waals surface area (Å²) in [6, 6.07) is 9.65. The van der Waals surface area contributed by atoms with Gasteiger partial charge in [0, 0.05) is 51.6 Å². The van der Waals surface area contributed by atoms with Crippen molar-refractivity contribution in [1.82, 2.24) is 24.4 Å². The Morgan fingerprint density at radius 1 is 1.17 bits per heavy atom. The lowest BCUT2D eigenvalue weighted by Gasteiger charge is -2.24. The second-order valence-electron chi connectivity index (χ2n) is 7.26. The predicted octanol–water partition coefficient (Wildman–Crippen LogP) is 4.27. The lowest BCUT2D eigenvalue weighted by molar-refractivity contribution is 0.0734. The highest BCUT2D eigenvalue weighted by Crippen LogP contribution is 2.49. The zero-order chi connectivity index (χ0) is 23.1. The predicted molar refractivity (Wildman–Crippen MR) is 110 cm³/mol. The number of imidazole rings is 1. The fourth-order valence-corrected chi connectivity index (χ4v) is 4.79. The molecule has 0 radical (unpaired) electrons. The van der Waals surface area contributed by atoms with Crippen LogP contribution in [0.5, 0.6) is 0 Å². The number of carbonyl (C=O) groups excluding carboxylic acids is 1. The first-order valence-corrected chi connectivity index (χ1v) is 9.55. The smallest absolute Gasteiger partial charge is 0.254 e. The van der Waals surface area contributed by atoms with Gasteiger partial charge in [-0.25, -0.2) is 15.0 Å². The van der Waals surface area contributed by atoms with E-state index in [-0.39, 0.29) is 12.3 Å². The lowest BCUT2D eigenvalue weighted by atomic mass is 9.98. The third-order valence-electron chi connectivity index (χ3n) is 5.78. The van der Waals surface area contributed by atoms with E-state index >= 15 is 0 Å². The van der Waals surface area contributed by atoms with E-state index in [0.29, 0.717) is 33.9 Å². The summed E-state index contributed by atoms with van der Waals surface area (Å²) in [7, 11) is 0. The summed E-state index contributed by atoms with van der Waals surface area (Å²) in [4.78, 5) is 27.0. The van der Waals surface area contributed by atoms with Gasteiger partial charge in [-0.05, 0) is 29.8 Å². The molecule has 6 rings (SSSR count). The van der Waals surface area contributed by atoms with Crippen LogP contribution in [-0.4, -0.2) is 37.3 Å². The molecule has 1 amide bonds. The second-order valence-corrected chi connectivity index (χ2v) is 7.67. The molecule has 29 heavy (non-hydrogen) atoms. The van der Waals surface area contributed by atoms with Crippen LogP contribution in [0.2, 0.25) is 5.02 Å². The summed E-state index contributed by atoms with van der Waals surface area (Å²) < 4.78 is 33.7. The molecule has 4 aromatic rings. The molecule has 7 heteroatoms. The zero-order valence-corrected chi connectivity index (χ0v) is 15.8. The highest BCUT2D eigenvalue weighted by atomic mass is 35.5. The first-order chi connectivity index (χ1) is 15.7. The third kappa shape index (κ3) is 2.23. The van der Waals surface area contributed by atoms with Gasteiger partial charge in [0.1, 0.15) is 13.5 Å². The average molecular weight is 406 g/mol. The fraction of sp³-hybridized carbons (Fsp3) is 0.182. The van der Waals surface area contributed by atoms with E-state index in [4.69, 9.17) is 22.1 Å². The summed E-state index contributed by atoms with van der Waals surface area (Å²) in [5, 5.41) is 0.419. The van der Waals surface area contributed by atoms with Gasteiger partial charge in [-0.2, -0.15) is 0 Å².